The van der Waals surface area contributed by atoms with E-state index >= 15 is 0 Å². The van der Waals surface area contributed by atoms with Crippen molar-refractivity contribution in [3.05, 3.63) is 64.7 Å². The number of carbonyl (C=O) groups excluding carboxylic acids is 3. The highest BCUT2D eigenvalue weighted by molar-refractivity contribution is 6.31. The highest BCUT2D eigenvalue weighted by Crippen LogP contribution is 2.21. The number of hydrogen-bond acceptors (Lipinski definition) is 4. The Morgan fingerprint density at radius 3 is 2.36 bits per heavy atom. The lowest BCUT2D eigenvalue weighted by Crippen LogP contribution is -2.54. The maximum absolute atomic E-state index is 12.6. The number of benzene rings is 2. The molecule has 0 saturated heterocycles. The molecule has 0 radical (unpaired) electrons. The minimum atomic E-state index is -0.856. The molecule has 2 atom stereocenters. The second kappa shape index (κ2) is 9.75. The van der Waals surface area contributed by atoms with Gasteiger partial charge in [0.05, 0.1) is 5.56 Å². The van der Waals surface area contributed by atoms with E-state index in [2.05, 4.69) is 16.2 Å². The average Bonchev–Trinajstić information content (AvgIpc) is 2.71. The number of halogens is 1. The SMILES string of the molecule is CC[C@H](C)[C@H](NC(=O)c1ccccc1)C(=O)NNC(=O)c1cc(Cl)ccc1O. The van der Waals surface area contributed by atoms with Gasteiger partial charge in [-0.15, -0.1) is 0 Å². The van der Waals surface area contributed by atoms with Crippen LogP contribution in [0.2, 0.25) is 5.02 Å². The largest absolute Gasteiger partial charge is 0.507 e. The Balaban J connectivity index is 2.05. The van der Waals surface area contributed by atoms with E-state index in [1.807, 2.05) is 13.8 Å². The highest BCUT2D eigenvalue weighted by atomic mass is 35.5. The van der Waals surface area contributed by atoms with Gasteiger partial charge in [-0.1, -0.05) is 50.1 Å². The molecule has 0 aliphatic carbocycles. The Morgan fingerprint density at radius 2 is 1.71 bits per heavy atom. The van der Waals surface area contributed by atoms with Crippen molar-refractivity contribution in [1.29, 1.82) is 0 Å². The first-order valence-corrected chi connectivity index (χ1v) is 9.16. The van der Waals surface area contributed by atoms with Crippen LogP contribution in [-0.2, 0) is 4.79 Å². The molecule has 0 heterocycles. The van der Waals surface area contributed by atoms with Crippen LogP contribution in [0.25, 0.3) is 0 Å². The summed E-state index contributed by atoms with van der Waals surface area (Å²) in [7, 11) is 0. The first-order chi connectivity index (χ1) is 13.3. The van der Waals surface area contributed by atoms with Crippen molar-refractivity contribution in [2.24, 2.45) is 5.92 Å². The molecule has 28 heavy (non-hydrogen) atoms. The molecule has 0 spiro atoms. The van der Waals surface area contributed by atoms with Crippen molar-refractivity contribution in [3.8, 4) is 5.75 Å². The van der Waals surface area contributed by atoms with E-state index in [0.29, 0.717) is 12.0 Å². The number of hydrogen-bond donors (Lipinski definition) is 4. The van der Waals surface area contributed by atoms with Crippen LogP contribution in [-0.4, -0.2) is 28.9 Å². The number of carbonyl (C=O) groups is 3. The van der Waals surface area contributed by atoms with E-state index in [9.17, 15) is 19.5 Å². The van der Waals surface area contributed by atoms with E-state index in [1.54, 1.807) is 30.3 Å². The van der Waals surface area contributed by atoms with Gasteiger partial charge in [-0.05, 0) is 36.2 Å². The molecule has 0 saturated carbocycles. The molecule has 2 rings (SSSR count). The number of aromatic hydroxyl groups is 1. The molecule has 4 N–H and O–H groups in total. The zero-order valence-electron chi connectivity index (χ0n) is 15.5. The first kappa shape index (κ1) is 21.2. The zero-order valence-corrected chi connectivity index (χ0v) is 16.3. The van der Waals surface area contributed by atoms with Crippen molar-refractivity contribution < 1.29 is 19.5 Å². The Bertz CT molecular complexity index is 858. The second-order valence-electron chi connectivity index (χ2n) is 6.31. The third-order valence-electron chi connectivity index (χ3n) is 4.32. The van der Waals surface area contributed by atoms with Gasteiger partial charge in [-0.2, -0.15) is 0 Å². The predicted octanol–water partition coefficient (Wildman–Crippen LogP) is 2.65. The predicted molar refractivity (Wildman–Crippen MR) is 106 cm³/mol. The van der Waals surface area contributed by atoms with Gasteiger partial charge in [0.2, 0.25) is 0 Å². The van der Waals surface area contributed by atoms with Crippen molar-refractivity contribution >= 4 is 29.3 Å². The van der Waals surface area contributed by atoms with Crippen molar-refractivity contribution in [1.82, 2.24) is 16.2 Å². The summed E-state index contributed by atoms with van der Waals surface area (Å²) >= 11 is 5.82. The summed E-state index contributed by atoms with van der Waals surface area (Å²) in [6.45, 7) is 3.71. The van der Waals surface area contributed by atoms with Crippen LogP contribution in [0.15, 0.2) is 48.5 Å². The molecule has 148 valence electrons. The van der Waals surface area contributed by atoms with Crippen LogP contribution in [0.5, 0.6) is 5.75 Å². The van der Waals surface area contributed by atoms with Crippen LogP contribution in [0.4, 0.5) is 0 Å². The van der Waals surface area contributed by atoms with E-state index in [4.69, 9.17) is 11.6 Å². The Morgan fingerprint density at radius 1 is 1.04 bits per heavy atom. The average molecular weight is 404 g/mol. The van der Waals surface area contributed by atoms with Crippen LogP contribution in [0.1, 0.15) is 41.0 Å². The fraction of sp³-hybridized carbons (Fsp3) is 0.250. The molecule has 2 aromatic rings. The standard InChI is InChI=1S/C20H22ClN3O4/c1-3-12(2)17(22-18(26)13-7-5-4-6-8-13)20(28)24-23-19(27)15-11-14(21)9-10-16(15)25/h4-12,17,25H,3H2,1-2H3,(H,22,26)(H,23,27)(H,24,28)/t12-,17-/m0/s1. The summed E-state index contributed by atoms with van der Waals surface area (Å²) in [5.41, 5.74) is 4.87. The molecule has 0 fully saturated rings. The van der Waals surface area contributed by atoms with Crippen molar-refractivity contribution in [3.63, 3.8) is 0 Å². The van der Waals surface area contributed by atoms with Gasteiger partial charge in [0.15, 0.2) is 0 Å². The van der Waals surface area contributed by atoms with Crippen molar-refractivity contribution in [2.45, 2.75) is 26.3 Å². The normalized spacial score (nSPS) is 12.5. The van der Waals surface area contributed by atoms with Gasteiger partial charge in [-0.3, -0.25) is 25.2 Å². The van der Waals surface area contributed by atoms with Gasteiger partial charge in [0.25, 0.3) is 17.7 Å². The lowest BCUT2D eigenvalue weighted by molar-refractivity contribution is -0.124. The lowest BCUT2D eigenvalue weighted by Gasteiger charge is -2.23. The summed E-state index contributed by atoms with van der Waals surface area (Å²) < 4.78 is 0. The van der Waals surface area contributed by atoms with Gasteiger partial charge < -0.3 is 10.4 Å². The minimum Gasteiger partial charge on any atom is -0.507 e. The molecule has 3 amide bonds. The van der Waals surface area contributed by atoms with Crippen LogP contribution < -0.4 is 16.2 Å². The minimum absolute atomic E-state index is 0.0822. The third-order valence-corrected chi connectivity index (χ3v) is 4.56. The molecule has 0 unspecified atom stereocenters. The number of rotatable bonds is 6. The Kier molecular flexibility index (Phi) is 7.40. The summed E-state index contributed by atoms with van der Waals surface area (Å²) in [6, 6.07) is 11.7. The van der Waals surface area contributed by atoms with E-state index in [-0.39, 0.29) is 28.2 Å². The number of amides is 3. The molecule has 2 aromatic carbocycles. The molecule has 0 aliphatic rings. The first-order valence-electron chi connectivity index (χ1n) is 8.78. The number of nitrogens with one attached hydrogen (secondary N) is 3. The highest BCUT2D eigenvalue weighted by Gasteiger charge is 2.27. The van der Waals surface area contributed by atoms with E-state index in [0.717, 1.165) is 0 Å². The number of hydrazine groups is 1. The zero-order chi connectivity index (χ0) is 20.7. The Labute approximate surface area is 168 Å². The maximum atomic E-state index is 12.6. The van der Waals surface area contributed by atoms with Crippen LogP contribution >= 0.6 is 11.6 Å². The van der Waals surface area contributed by atoms with E-state index in [1.165, 1.54) is 18.2 Å². The molecule has 0 aromatic heterocycles. The topological polar surface area (TPSA) is 108 Å². The molecular weight excluding hydrogens is 382 g/mol. The van der Waals surface area contributed by atoms with Gasteiger partial charge in [-0.25, -0.2) is 0 Å². The summed E-state index contributed by atoms with van der Waals surface area (Å²) in [4.78, 5) is 37.2. The summed E-state index contributed by atoms with van der Waals surface area (Å²) in [5.74, 6) is -2.14. The number of phenols is 1. The van der Waals surface area contributed by atoms with Crippen LogP contribution in [0, 0.1) is 5.92 Å². The van der Waals surface area contributed by atoms with Crippen LogP contribution in [0.3, 0.4) is 0 Å². The third kappa shape index (κ3) is 5.47. The molecule has 0 bridgehead atoms. The summed E-state index contributed by atoms with van der Waals surface area (Å²) in [6.07, 6.45) is 0.635. The van der Waals surface area contributed by atoms with Gasteiger partial charge in [0.1, 0.15) is 11.8 Å². The molecule has 0 aliphatic heterocycles. The number of phenolic OH excluding ortho intramolecular Hbond substituents is 1. The second-order valence-corrected chi connectivity index (χ2v) is 6.74. The lowest BCUT2D eigenvalue weighted by atomic mass is 9.98. The van der Waals surface area contributed by atoms with Gasteiger partial charge >= 0.3 is 0 Å². The fourth-order valence-corrected chi connectivity index (χ4v) is 2.64. The Hall–Kier alpha value is -3.06. The molecule has 7 nitrogen and oxygen atoms in total. The van der Waals surface area contributed by atoms with E-state index < -0.39 is 17.9 Å². The van der Waals surface area contributed by atoms with Crippen molar-refractivity contribution in [2.75, 3.05) is 0 Å². The maximum Gasteiger partial charge on any atom is 0.273 e. The molecule has 8 heteroatoms. The fourth-order valence-electron chi connectivity index (χ4n) is 2.47. The summed E-state index contributed by atoms with van der Waals surface area (Å²) in [5, 5.41) is 12.7. The van der Waals surface area contributed by atoms with Gasteiger partial charge in [0, 0.05) is 10.6 Å². The smallest absolute Gasteiger partial charge is 0.273 e. The monoisotopic (exact) mass is 403 g/mol. The molecular formula is C20H22ClN3O4. The quantitative estimate of drug-likeness (QED) is 0.556.